The van der Waals surface area contributed by atoms with E-state index in [1.165, 1.54) is 11.8 Å². The normalized spacial score (nSPS) is 17.1. The van der Waals surface area contributed by atoms with Gasteiger partial charge in [-0.1, -0.05) is 18.2 Å². The summed E-state index contributed by atoms with van der Waals surface area (Å²) in [6.07, 6.45) is 2.01. The van der Waals surface area contributed by atoms with E-state index in [-0.39, 0.29) is 25.3 Å². The first-order valence-corrected chi connectivity index (χ1v) is 12.9. The maximum Gasteiger partial charge on any atom is 0.248 e. The van der Waals surface area contributed by atoms with E-state index < -0.39 is 24.0 Å². The number of aromatic nitrogens is 3. The average molecular weight is 578 g/mol. The van der Waals surface area contributed by atoms with Crippen LogP contribution in [0.2, 0.25) is 0 Å². The van der Waals surface area contributed by atoms with Crippen molar-refractivity contribution >= 4 is 50.2 Å². The number of likely N-dealkylation sites (tertiary alicyclic amines) is 1. The van der Waals surface area contributed by atoms with Gasteiger partial charge in [0.15, 0.2) is 5.78 Å². The second-order valence-corrected chi connectivity index (χ2v) is 10.2. The molecule has 0 aliphatic carbocycles. The van der Waals surface area contributed by atoms with E-state index in [4.69, 9.17) is 0 Å². The van der Waals surface area contributed by atoms with Crippen LogP contribution < -0.4 is 5.32 Å². The van der Waals surface area contributed by atoms with Crippen LogP contribution in [-0.2, 0) is 16.1 Å². The number of carbonyl (C=O) groups is 3. The molecule has 8 nitrogen and oxygen atoms in total. The molecule has 5 rings (SSSR count). The molecule has 0 bridgehead atoms. The maximum atomic E-state index is 14.4. The molecule has 0 radical (unpaired) electrons. The third-order valence-electron chi connectivity index (χ3n) is 6.65. The number of amides is 2. The van der Waals surface area contributed by atoms with Crippen LogP contribution in [0.25, 0.3) is 22.0 Å². The zero-order valence-electron chi connectivity index (χ0n) is 20.8. The van der Waals surface area contributed by atoms with Crippen molar-refractivity contribution in [3.8, 4) is 11.1 Å². The fourth-order valence-electron chi connectivity index (χ4n) is 4.76. The molecule has 0 saturated carbocycles. The summed E-state index contributed by atoms with van der Waals surface area (Å²) >= 11 is 3.25. The molecule has 1 N–H and O–H groups in total. The number of halogens is 2. The molecule has 1 aliphatic rings. The second kappa shape index (κ2) is 10.4. The Morgan fingerprint density at radius 2 is 1.92 bits per heavy atom. The van der Waals surface area contributed by atoms with Gasteiger partial charge in [0.1, 0.15) is 29.2 Å². The molecule has 38 heavy (non-hydrogen) atoms. The minimum atomic E-state index is -1.31. The van der Waals surface area contributed by atoms with E-state index in [1.54, 1.807) is 35.2 Å². The summed E-state index contributed by atoms with van der Waals surface area (Å²) in [5, 5.41) is 3.38. The van der Waals surface area contributed by atoms with E-state index in [2.05, 4.69) is 31.2 Å². The molecule has 0 unspecified atom stereocenters. The van der Waals surface area contributed by atoms with Gasteiger partial charge in [-0.2, -0.15) is 0 Å². The number of Topliss-reactive ketones (excluding diaryl/α,β-unsaturated/α-hetero) is 1. The van der Waals surface area contributed by atoms with Gasteiger partial charge in [0.25, 0.3) is 0 Å². The topological polar surface area (TPSA) is 97.2 Å². The Morgan fingerprint density at radius 3 is 2.63 bits per heavy atom. The Bertz CT molecular complexity index is 1550. The van der Waals surface area contributed by atoms with Crippen molar-refractivity contribution in [1.29, 1.82) is 0 Å². The van der Waals surface area contributed by atoms with Crippen molar-refractivity contribution in [2.24, 2.45) is 0 Å². The number of hydrogen-bond donors (Lipinski definition) is 1. The molecule has 10 heteroatoms. The highest BCUT2D eigenvalue weighted by Crippen LogP contribution is 2.29. The third-order valence-corrected chi connectivity index (χ3v) is 7.09. The number of pyridine rings is 2. The van der Waals surface area contributed by atoms with Gasteiger partial charge in [-0.05, 0) is 65.7 Å². The summed E-state index contributed by atoms with van der Waals surface area (Å²) in [5.74, 6) is -0.737. The Kier molecular flexibility index (Phi) is 7.07. The lowest BCUT2D eigenvalue weighted by Gasteiger charge is -2.24. The van der Waals surface area contributed by atoms with Crippen LogP contribution in [-0.4, -0.2) is 55.8 Å². The molecular formula is C28H25BrFN5O3. The predicted octanol–water partition coefficient (Wildman–Crippen LogP) is 4.95. The van der Waals surface area contributed by atoms with Crippen LogP contribution in [0.15, 0.2) is 65.5 Å². The number of benzene rings is 1. The predicted molar refractivity (Wildman–Crippen MR) is 145 cm³/mol. The quantitative estimate of drug-likeness (QED) is 0.258. The number of rotatable bonds is 6. The molecule has 4 heterocycles. The van der Waals surface area contributed by atoms with Crippen LogP contribution in [0.1, 0.15) is 29.4 Å². The Balaban J connectivity index is 1.41. The third kappa shape index (κ3) is 5.22. The molecule has 1 fully saturated rings. The number of ketones is 1. The largest absolute Gasteiger partial charge is 0.337 e. The summed E-state index contributed by atoms with van der Waals surface area (Å²) in [7, 11) is 0. The van der Waals surface area contributed by atoms with Crippen molar-refractivity contribution in [3.05, 3.63) is 76.8 Å². The number of fused-ring (bicyclic) bond motifs is 1. The molecule has 1 aliphatic heterocycles. The Labute approximate surface area is 227 Å². The average Bonchev–Trinajstić information content (AvgIpc) is 3.45. The Morgan fingerprint density at radius 1 is 1.13 bits per heavy atom. The molecule has 1 saturated heterocycles. The lowest BCUT2D eigenvalue weighted by atomic mass is 10.0. The van der Waals surface area contributed by atoms with Crippen LogP contribution in [0.3, 0.4) is 0 Å². The van der Waals surface area contributed by atoms with E-state index in [1.807, 2.05) is 37.3 Å². The van der Waals surface area contributed by atoms with E-state index >= 15 is 0 Å². The van der Waals surface area contributed by atoms with Gasteiger partial charge in [-0.25, -0.2) is 9.37 Å². The number of nitrogens with zero attached hydrogens (tertiary/aromatic N) is 4. The SMILES string of the molecule is CC(=O)c1cn(CC(=O)N2C[C@H](F)C[C@H]2C(=O)Nc2cccc(Br)n2)c2ccc(-c3ccc(C)nc3)cc12. The second-order valence-electron chi connectivity index (χ2n) is 9.38. The molecule has 1 aromatic carbocycles. The number of nitrogens with one attached hydrogen (secondary N) is 1. The standard InChI is InChI=1S/C28H25BrFN5O3/c1-16-6-7-19(12-31-16)18-8-9-23-21(10-18)22(17(2)36)14-34(23)15-27(37)35-13-20(30)11-24(35)28(38)33-26-5-3-4-25(29)32-26/h3-10,12,14,20,24H,11,13,15H2,1-2H3,(H,32,33,38)/t20-,24+/m1/s1. The van der Waals surface area contributed by atoms with Gasteiger partial charge in [-0.15, -0.1) is 0 Å². The van der Waals surface area contributed by atoms with Crippen molar-refractivity contribution in [2.75, 3.05) is 11.9 Å². The zero-order chi connectivity index (χ0) is 27.0. The first-order valence-electron chi connectivity index (χ1n) is 12.1. The fourth-order valence-corrected chi connectivity index (χ4v) is 5.10. The van der Waals surface area contributed by atoms with E-state index in [0.717, 1.165) is 16.8 Å². The summed E-state index contributed by atoms with van der Waals surface area (Å²) in [6, 6.07) is 13.6. The fraction of sp³-hybridized carbons (Fsp3) is 0.250. The van der Waals surface area contributed by atoms with Crippen molar-refractivity contribution < 1.29 is 18.8 Å². The number of alkyl halides is 1. The van der Waals surface area contributed by atoms with Crippen LogP contribution in [0.4, 0.5) is 10.2 Å². The van der Waals surface area contributed by atoms with Gasteiger partial charge in [0.05, 0.1) is 6.54 Å². The van der Waals surface area contributed by atoms with Gasteiger partial charge in [0, 0.05) is 46.5 Å². The highest BCUT2D eigenvalue weighted by molar-refractivity contribution is 9.10. The molecular weight excluding hydrogens is 553 g/mol. The lowest BCUT2D eigenvalue weighted by Crippen LogP contribution is -2.44. The summed E-state index contributed by atoms with van der Waals surface area (Å²) in [6.45, 7) is 3.08. The van der Waals surface area contributed by atoms with Gasteiger partial charge < -0.3 is 14.8 Å². The summed E-state index contributed by atoms with van der Waals surface area (Å²) in [4.78, 5) is 48.6. The number of anilines is 1. The van der Waals surface area contributed by atoms with Gasteiger partial charge in [0.2, 0.25) is 11.8 Å². The van der Waals surface area contributed by atoms with Crippen LogP contribution in [0, 0.1) is 6.92 Å². The number of hydrogen-bond acceptors (Lipinski definition) is 5. The molecule has 4 aromatic rings. The molecule has 2 atom stereocenters. The highest BCUT2D eigenvalue weighted by Gasteiger charge is 2.40. The smallest absolute Gasteiger partial charge is 0.248 e. The number of carbonyl (C=O) groups excluding carboxylic acids is 3. The van der Waals surface area contributed by atoms with E-state index in [9.17, 15) is 18.8 Å². The minimum absolute atomic E-state index is 0.0926. The van der Waals surface area contributed by atoms with Crippen molar-refractivity contribution in [3.63, 3.8) is 0 Å². The van der Waals surface area contributed by atoms with Gasteiger partial charge >= 0.3 is 0 Å². The zero-order valence-corrected chi connectivity index (χ0v) is 22.4. The van der Waals surface area contributed by atoms with Crippen molar-refractivity contribution in [1.82, 2.24) is 19.4 Å². The lowest BCUT2D eigenvalue weighted by molar-refractivity contribution is -0.137. The minimum Gasteiger partial charge on any atom is -0.337 e. The maximum absolute atomic E-state index is 14.4. The van der Waals surface area contributed by atoms with Crippen molar-refractivity contribution in [2.45, 2.75) is 39.0 Å². The highest BCUT2D eigenvalue weighted by atomic mass is 79.9. The molecule has 3 aromatic heterocycles. The molecule has 194 valence electrons. The monoisotopic (exact) mass is 577 g/mol. The first-order chi connectivity index (χ1) is 18.2. The van der Waals surface area contributed by atoms with Gasteiger partial charge in [-0.3, -0.25) is 19.4 Å². The van der Waals surface area contributed by atoms with Crippen LogP contribution >= 0.6 is 15.9 Å². The molecule has 0 spiro atoms. The molecule has 2 amide bonds. The van der Waals surface area contributed by atoms with E-state index in [0.29, 0.717) is 26.9 Å². The summed E-state index contributed by atoms with van der Waals surface area (Å²) in [5.41, 5.74) is 3.89. The summed E-state index contributed by atoms with van der Waals surface area (Å²) < 4.78 is 16.7. The number of aryl methyl sites for hydroxylation is 1. The van der Waals surface area contributed by atoms with Crippen LogP contribution in [0.5, 0.6) is 0 Å². The Hall–Kier alpha value is -3.92. The first kappa shape index (κ1) is 25.7.